The Morgan fingerprint density at radius 3 is 2.51 bits per heavy atom. The van der Waals surface area contributed by atoms with Crippen LogP contribution in [0.25, 0.3) is 16.9 Å². The van der Waals surface area contributed by atoms with E-state index in [-0.39, 0.29) is 30.7 Å². The number of nitrogens with zero attached hydrogens (tertiary/aromatic N) is 8. The van der Waals surface area contributed by atoms with Crippen LogP contribution in [0, 0.1) is 13.8 Å². The number of methoxy groups -OCH3 is 1. The number of pyridine rings is 1. The van der Waals surface area contributed by atoms with Gasteiger partial charge in [0.1, 0.15) is 17.2 Å². The van der Waals surface area contributed by atoms with Crippen molar-refractivity contribution in [1.82, 2.24) is 50.0 Å². The van der Waals surface area contributed by atoms with Crippen LogP contribution in [0.5, 0.6) is 0 Å². The molecule has 0 bridgehead atoms. The van der Waals surface area contributed by atoms with Crippen molar-refractivity contribution in [1.29, 1.82) is 0 Å². The van der Waals surface area contributed by atoms with Crippen LogP contribution in [0.15, 0.2) is 43.0 Å². The molecule has 2 aliphatic rings. The van der Waals surface area contributed by atoms with Gasteiger partial charge < -0.3 is 15.4 Å². The van der Waals surface area contributed by atoms with Crippen molar-refractivity contribution in [2.75, 3.05) is 12.4 Å². The molecule has 13 nitrogen and oxygen atoms in total. The number of hydrogen-bond acceptors (Lipinski definition) is 9. The molecule has 0 spiro atoms. The summed E-state index contributed by atoms with van der Waals surface area (Å²) in [5.41, 5.74) is 2.26. The standard InChI is InChI=1S/C32H37F2N11O2/c1-18-14-36-44(17-18)26-6-5-22(15-35-26)20(3)38-30(46)31(47-4)9-7-21(8-10-31)27-40-28(39-25-11-19(2)42-43-25)24-16-37-45(29(24)41-27)23-12-32(33,34)13-23/h5-6,11,14-17,20-21,23H,7-10,12-13H2,1-4H3,(H,38,46)(H2,39,40,41,42,43)/t20-,21-,31-/m0/s1. The quantitative estimate of drug-likeness (QED) is 0.192. The number of aryl methyl sites for hydroxylation is 2. The van der Waals surface area contributed by atoms with Gasteiger partial charge in [-0.05, 0) is 63.6 Å². The predicted molar refractivity (Wildman–Crippen MR) is 169 cm³/mol. The topological polar surface area (TPSA) is 153 Å². The van der Waals surface area contributed by atoms with Crippen LogP contribution in [-0.2, 0) is 9.53 Å². The van der Waals surface area contributed by atoms with E-state index in [0.717, 1.165) is 16.8 Å². The molecule has 0 radical (unpaired) electrons. The number of nitrogens with one attached hydrogen (secondary N) is 3. The Balaban J connectivity index is 1.08. The summed E-state index contributed by atoms with van der Waals surface area (Å²) in [6.07, 6.45) is 8.58. The first-order valence-corrected chi connectivity index (χ1v) is 15.8. The fourth-order valence-corrected chi connectivity index (χ4v) is 6.50. The zero-order valence-electron chi connectivity index (χ0n) is 26.7. The molecule has 246 valence electrons. The fraction of sp³-hybridized carbons (Fsp3) is 0.469. The summed E-state index contributed by atoms with van der Waals surface area (Å²) in [7, 11) is 1.57. The van der Waals surface area contributed by atoms with Gasteiger partial charge in [-0.3, -0.25) is 9.89 Å². The highest BCUT2D eigenvalue weighted by Gasteiger charge is 2.48. The lowest BCUT2D eigenvalue weighted by Crippen LogP contribution is -2.50. The molecule has 0 aromatic carbocycles. The van der Waals surface area contributed by atoms with Crippen molar-refractivity contribution in [2.45, 2.75) is 88.8 Å². The molecule has 2 aliphatic carbocycles. The summed E-state index contributed by atoms with van der Waals surface area (Å²) in [6.45, 7) is 5.78. The lowest BCUT2D eigenvalue weighted by Gasteiger charge is -2.38. The number of hydrogen-bond donors (Lipinski definition) is 3. The van der Waals surface area contributed by atoms with Crippen molar-refractivity contribution in [3.63, 3.8) is 0 Å². The van der Waals surface area contributed by atoms with Gasteiger partial charge in [-0.2, -0.15) is 15.3 Å². The number of aromatic nitrogens is 9. The van der Waals surface area contributed by atoms with Crippen molar-refractivity contribution in [3.05, 3.63) is 65.6 Å². The maximum atomic E-state index is 13.8. The molecule has 1 amide bonds. The Labute approximate surface area is 269 Å². The summed E-state index contributed by atoms with van der Waals surface area (Å²) < 4.78 is 36.8. The molecule has 47 heavy (non-hydrogen) atoms. The minimum Gasteiger partial charge on any atom is -0.368 e. The predicted octanol–water partition coefficient (Wildman–Crippen LogP) is 5.38. The van der Waals surface area contributed by atoms with E-state index in [2.05, 4.69) is 36.0 Å². The first kappa shape index (κ1) is 30.8. The molecule has 7 rings (SSSR count). The van der Waals surface area contributed by atoms with Crippen LogP contribution >= 0.6 is 0 Å². The van der Waals surface area contributed by atoms with Crippen molar-refractivity contribution in [3.8, 4) is 5.82 Å². The van der Waals surface area contributed by atoms with E-state index in [9.17, 15) is 13.6 Å². The molecule has 5 aromatic heterocycles. The minimum absolute atomic E-state index is 0.0803. The highest BCUT2D eigenvalue weighted by atomic mass is 19.3. The largest absolute Gasteiger partial charge is 0.368 e. The molecule has 2 fully saturated rings. The van der Waals surface area contributed by atoms with E-state index >= 15 is 0 Å². The average Bonchev–Trinajstić information content (AvgIpc) is 3.79. The van der Waals surface area contributed by atoms with Crippen LogP contribution in [0.2, 0.25) is 0 Å². The Morgan fingerprint density at radius 1 is 1.11 bits per heavy atom. The summed E-state index contributed by atoms with van der Waals surface area (Å²) in [5.74, 6) is -0.623. The van der Waals surface area contributed by atoms with Crippen LogP contribution in [0.3, 0.4) is 0 Å². The number of anilines is 2. The second kappa shape index (κ2) is 11.8. The van der Waals surface area contributed by atoms with E-state index in [1.807, 2.05) is 45.2 Å². The molecule has 1 atom stereocenters. The molecule has 0 saturated heterocycles. The number of ether oxygens (including phenoxy) is 1. The average molecular weight is 646 g/mol. The number of H-pyrrole nitrogens is 1. The van der Waals surface area contributed by atoms with Gasteiger partial charge in [-0.25, -0.2) is 33.1 Å². The Hall–Kier alpha value is -4.79. The van der Waals surface area contributed by atoms with E-state index in [4.69, 9.17) is 14.7 Å². The lowest BCUT2D eigenvalue weighted by atomic mass is 9.77. The minimum atomic E-state index is -2.70. The number of carbonyl (C=O) groups is 1. The molecular weight excluding hydrogens is 608 g/mol. The smallest absolute Gasteiger partial charge is 0.252 e. The summed E-state index contributed by atoms with van der Waals surface area (Å²) in [4.78, 5) is 28.0. The number of halogens is 2. The number of aromatic amines is 1. The van der Waals surface area contributed by atoms with E-state index in [1.54, 1.807) is 35.1 Å². The number of rotatable bonds is 9. The van der Waals surface area contributed by atoms with Gasteiger partial charge in [0.15, 0.2) is 17.3 Å². The zero-order valence-corrected chi connectivity index (χ0v) is 26.7. The molecule has 5 aromatic rings. The third-order valence-electron chi connectivity index (χ3n) is 9.37. The summed E-state index contributed by atoms with van der Waals surface area (Å²) >= 11 is 0. The number of amides is 1. The van der Waals surface area contributed by atoms with Gasteiger partial charge >= 0.3 is 0 Å². The number of fused-ring (bicyclic) bond motifs is 1. The van der Waals surface area contributed by atoms with Crippen LogP contribution in [0.4, 0.5) is 20.4 Å². The molecule has 0 unspecified atom stereocenters. The molecule has 2 saturated carbocycles. The van der Waals surface area contributed by atoms with Gasteiger partial charge in [-0.1, -0.05) is 6.07 Å². The van der Waals surface area contributed by atoms with Gasteiger partial charge in [-0.15, -0.1) is 0 Å². The molecule has 15 heteroatoms. The third kappa shape index (κ3) is 5.95. The van der Waals surface area contributed by atoms with Gasteiger partial charge in [0.05, 0.1) is 29.9 Å². The first-order chi connectivity index (χ1) is 22.5. The van der Waals surface area contributed by atoms with Crippen LogP contribution in [0.1, 0.15) is 86.1 Å². The first-order valence-electron chi connectivity index (χ1n) is 15.8. The Morgan fingerprint density at radius 2 is 1.89 bits per heavy atom. The summed E-state index contributed by atoms with van der Waals surface area (Å²) in [6, 6.07) is 4.92. The van der Waals surface area contributed by atoms with E-state index in [1.165, 1.54) is 0 Å². The second-order valence-electron chi connectivity index (χ2n) is 12.8. The molecule has 3 N–H and O–H groups in total. The van der Waals surface area contributed by atoms with E-state index in [0.29, 0.717) is 60.0 Å². The summed E-state index contributed by atoms with van der Waals surface area (Å²) in [5, 5.41) is 22.9. The van der Waals surface area contributed by atoms with Crippen molar-refractivity contribution < 1.29 is 18.3 Å². The number of carbonyl (C=O) groups excluding carboxylic acids is 1. The van der Waals surface area contributed by atoms with E-state index < -0.39 is 17.6 Å². The molecule has 5 heterocycles. The highest BCUT2D eigenvalue weighted by molar-refractivity contribution is 5.88. The van der Waals surface area contributed by atoms with Gasteiger partial charge in [0.2, 0.25) is 0 Å². The maximum Gasteiger partial charge on any atom is 0.252 e. The second-order valence-corrected chi connectivity index (χ2v) is 12.8. The molecular formula is C32H37F2N11O2. The Kier molecular flexibility index (Phi) is 7.73. The highest BCUT2D eigenvalue weighted by Crippen LogP contribution is 2.47. The van der Waals surface area contributed by atoms with Gasteiger partial charge in [0.25, 0.3) is 11.8 Å². The monoisotopic (exact) mass is 645 g/mol. The van der Waals surface area contributed by atoms with Gasteiger partial charge in [0, 0.05) is 50.0 Å². The SMILES string of the molecule is CO[C@]1(C(=O)N[C@@H](C)c2ccc(-n3cc(C)cn3)nc2)CC[C@@H](c2nc(Nc3cc(C)[nH]n3)c3cnn(C4CC(F)(F)C4)c3n2)CC1. The van der Waals surface area contributed by atoms with Crippen LogP contribution in [-0.4, -0.2) is 69.3 Å². The van der Waals surface area contributed by atoms with Crippen molar-refractivity contribution >= 4 is 28.6 Å². The molecule has 0 aliphatic heterocycles. The number of alkyl halides is 2. The third-order valence-corrected chi connectivity index (χ3v) is 9.37. The normalized spacial score (nSPS) is 21.8. The van der Waals surface area contributed by atoms with Crippen molar-refractivity contribution in [2.24, 2.45) is 0 Å². The lowest BCUT2D eigenvalue weighted by molar-refractivity contribution is -0.148. The maximum absolute atomic E-state index is 13.8. The fourth-order valence-electron chi connectivity index (χ4n) is 6.50. The van der Waals surface area contributed by atoms with Crippen LogP contribution < -0.4 is 10.6 Å². The zero-order chi connectivity index (χ0) is 32.9. The Bertz CT molecular complexity index is 1900.